The number of aromatic nitrogens is 3. The number of hydrogen-bond acceptors (Lipinski definition) is 7. The standard InChI is InChI=1S/C18H20N4O4/c1-22(8-16(23)24)18-13-3-2-4-14(13)20-17(21-18)15-7-11(5-6-19-15)26-12-9-25-10-12/h5-7,12H,2-4,8-10H2,1H3,(H,23,24). The molecule has 1 N–H and O–H groups in total. The van der Waals surface area contributed by atoms with E-state index in [2.05, 4.69) is 15.0 Å². The Hall–Kier alpha value is -2.74. The minimum atomic E-state index is -0.893. The van der Waals surface area contributed by atoms with Crippen molar-refractivity contribution in [1.82, 2.24) is 15.0 Å². The second-order valence-corrected chi connectivity index (χ2v) is 6.55. The molecule has 2 aromatic rings. The highest BCUT2D eigenvalue weighted by molar-refractivity contribution is 5.74. The number of rotatable bonds is 6. The first-order chi connectivity index (χ1) is 12.6. The number of aryl methyl sites for hydroxylation is 1. The van der Waals surface area contributed by atoms with E-state index in [1.165, 1.54) is 0 Å². The number of carboxylic acid groups (broad SMARTS) is 1. The van der Waals surface area contributed by atoms with E-state index in [0.29, 0.717) is 36.3 Å². The van der Waals surface area contributed by atoms with Crippen LogP contribution in [0.3, 0.4) is 0 Å². The quantitative estimate of drug-likeness (QED) is 0.828. The van der Waals surface area contributed by atoms with Gasteiger partial charge in [0.15, 0.2) is 5.82 Å². The van der Waals surface area contributed by atoms with Crippen molar-refractivity contribution in [3.05, 3.63) is 29.6 Å². The summed E-state index contributed by atoms with van der Waals surface area (Å²) in [6, 6.07) is 3.61. The summed E-state index contributed by atoms with van der Waals surface area (Å²) in [4.78, 5) is 26.4. The molecular weight excluding hydrogens is 336 g/mol. The molecule has 26 heavy (non-hydrogen) atoms. The van der Waals surface area contributed by atoms with E-state index in [0.717, 1.165) is 30.5 Å². The first kappa shape index (κ1) is 16.7. The van der Waals surface area contributed by atoms with Gasteiger partial charge in [0.25, 0.3) is 0 Å². The van der Waals surface area contributed by atoms with E-state index < -0.39 is 5.97 Å². The third-order valence-corrected chi connectivity index (χ3v) is 4.52. The molecule has 136 valence electrons. The van der Waals surface area contributed by atoms with Gasteiger partial charge in [-0.2, -0.15) is 0 Å². The second-order valence-electron chi connectivity index (χ2n) is 6.55. The smallest absolute Gasteiger partial charge is 0.323 e. The van der Waals surface area contributed by atoms with Crippen molar-refractivity contribution in [2.24, 2.45) is 0 Å². The van der Waals surface area contributed by atoms with Crippen molar-refractivity contribution in [1.29, 1.82) is 0 Å². The predicted molar refractivity (Wildman–Crippen MR) is 93.4 cm³/mol. The molecule has 8 heteroatoms. The van der Waals surface area contributed by atoms with Crippen molar-refractivity contribution in [3.8, 4) is 17.3 Å². The molecule has 8 nitrogen and oxygen atoms in total. The van der Waals surface area contributed by atoms with Crippen molar-refractivity contribution >= 4 is 11.8 Å². The molecule has 3 heterocycles. The maximum Gasteiger partial charge on any atom is 0.323 e. The molecule has 0 aromatic carbocycles. The van der Waals surface area contributed by atoms with Crippen LogP contribution in [0, 0.1) is 0 Å². The van der Waals surface area contributed by atoms with Gasteiger partial charge in [0.05, 0.1) is 13.2 Å². The SMILES string of the molecule is CN(CC(=O)O)c1nc(-c2cc(OC3COC3)ccn2)nc2c1CCC2. The van der Waals surface area contributed by atoms with Crippen LogP contribution in [0.5, 0.6) is 5.75 Å². The Morgan fingerprint density at radius 3 is 2.96 bits per heavy atom. The molecule has 0 unspecified atom stereocenters. The predicted octanol–water partition coefficient (Wildman–Crippen LogP) is 1.33. The maximum absolute atomic E-state index is 11.1. The number of pyridine rings is 1. The average molecular weight is 356 g/mol. The first-order valence-electron chi connectivity index (χ1n) is 8.63. The zero-order chi connectivity index (χ0) is 18.1. The molecule has 0 saturated carbocycles. The minimum absolute atomic E-state index is 0.0726. The third kappa shape index (κ3) is 3.32. The Bertz CT molecular complexity index is 838. The number of carboxylic acids is 1. The van der Waals surface area contributed by atoms with Crippen molar-refractivity contribution in [3.63, 3.8) is 0 Å². The van der Waals surface area contributed by atoms with Gasteiger partial charge in [0.1, 0.15) is 29.9 Å². The molecule has 0 amide bonds. The zero-order valence-corrected chi connectivity index (χ0v) is 14.5. The number of likely N-dealkylation sites (N-methyl/N-ethyl adjacent to an activating group) is 1. The van der Waals surface area contributed by atoms with Gasteiger partial charge in [0.2, 0.25) is 0 Å². The number of anilines is 1. The largest absolute Gasteiger partial charge is 0.485 e. The summed E-state index contributed by atoms with van der Waals surface area (Å²) >= 11 is 0. The van der Waals surface area contributed by atoms with Gasteiger partial charge in [-0.1, -0.05) is 0 Å². The highest BCUT2D eigenvalue weighted by Crippen LogP contribution is 2.31. The van der Waals surface area contributed by atoms with E-state index in [-0.39, 0.29) is 12.6 Å². The molecule has 1 aliphatic carbocycles. The normalized spacial score (nSPS) is 16.0. The van der Waals surface area contributed by atoms with Crippen LogP contribution in [0.1, 0.15) is 17.7 Å². The van der Waals surface area contributed by atoms with Crippen molar-refractivity contribution in [2.45, 2.75) is 25.4 Å². The highest BCUT2D eigenvalue weighted by atomic mass is 16.6. The molecular formula is C18H20N4O4. The van der Waals surface area contributed by atoms with Crippen LogP contribution in [-0.2, 0) is 22.4 Å². The summed E-state index contributed by atoms with van der Waals surface area (Å²) in [5, 5.41) is 9.11. The first-order valence-corrected chi connectivity index (χ1v) is 8.63. The van der Waals surface area contributed by atoms with Crippen LogP contribution in [0.4, 0.5) is 5.82 Å². The van der Waals surface area contributed by atoms with Gasteiger partial charge in [0, 0.05) is 30.6 Å². The fraction of sp³-hybridized carbons (Fsp3) is 0.444. The van der Waals surface area contributed by atoms with E-state index in [4.69, 9.17) is 14.6 Å². The van der Waals surface area contributed by atoms with Gasteiger partial charge >= 0.3 is 5.97 Å². The highest BCUT2D eigenvalue weighted by Gasteiger charge is 2.24. The fourth-order valence-corrected chi connectivity index (χ4v) is 3.20. The van der Waals surface area contributed by atoms with Crippen LogP contribution in [0.2, 0.25) is 0 Å². The fourth-order valence-electron chi connectivity index (χ4n) is 3.20. The second kappa shape index (κ2) is 6.87. The van der Waals surface area contributed by atoms with E-state index in [1.807, 2.05) is 6.07 Å². The Balaban J connectivity index is 1.68. The summed E-state index contributed by atoms with van der Waals surface area (Å²) < 4.78 is 11.0. The molecule has 1 saturated heterocycles. The summed E-state index contributed by atoms with van der Waals surface area (Å²) in [6.45, 7) is 1.08. The number of fused-ring (bicyclic) bond motifs is 1. The third-order valence-electron chi connectivity index (χ3n) is 4.52. The maximum atomic E-state index is 11.1. The Morgan fingerprint density at radius 1 is 1.38 bits per heavy atom. The van der Waals surface area contributed by atoms with Gasteiger partial charge < -0.3 is 19.5 Å². The minimum Gasteiger partial charge on any atom is -0.485 e. The van der Waals surface area contributed by atoms with Crippen LogP contribution in [0.25, 0.3) is 11.5 Å². The average Bonchev–Trinajstić information content (AvgIpc) is 3.05. The molecule has 0 atom stereocenters. The lowest BCUT2D eigenvalue weighted by Crippen LogP contribution is -2.38. The number of hydrogen-bond donors (Lipinski definition) is 1. The summed E-state index contributed by atoms with van der Waals surface area (Å²) in [5.41, 5.74) is 2.63. The number of aliphatic carboxylic acids is 1. The number of nitrogens with zero attached hydrogens (tertiary/aromatic N) is 4. The van der Waals surface area contributed by atoms with Crippen LogP contribution >= 0.6 is 0 Å². The molecule has 2 aromatic heterocycles. The zero-order valence-electron chi connectivity index (χ0n) is 14.5. The lowest BCUT2D eigenvalue weighted by atomic mass is 10.2. The summed E-state index contributed by atoms with van der Waals surface area (Å²) in [6.07, 6.45) is 4.48. The lowest BCUT2D eigenvalue weighted by Gasteiger charge is -2.26. The summed E-state index contributed by atoms with van der Waals surface area (Å²) in [5.74, 6) is 0.974. The summed E-state index contributed by atoms with van der Waals surface area (Å²) in [7, 11) is 1.74. The van der Waals surface area contributed by atoms with Crippen molar-refractivity contribution in [2.75, 3.05) is 31.7 Å². The van der Waals surface area contributed by atoms with E-state index in [1.54, 1.807) is 24.2 Å². The van der Waals surface area contributed by atoms with Gasteiger partial charge in [-0.15, -0.1) is 0 Å². The van der Waals surface area contributed by atoms with Crippen LogP contribution in [-0.4, -0.2) is 58.9 Å². The topological polar surface area (TPSA) is 97.7 Å². The van der Waals surface area contributed by atoms with Crippen LogP contribution in [0.15, 0.2) is 18.3 Å². The van der Waals surface area contributed by atoms with Gasteiger partial charge in [-0.3, -0.25) is 9.78 Å². The number of carbonyl (C=O) groups is 1. The monoisotopic (exact) mass is 356 g/mol. The molecule has 1 fully saturated rings. The lowest BCUT2D eigenvalue weighted by molar-refractivity contribution is -0.135. The molecule has 2 aliphatic rings. The Kier molecular flexibility index (Phi) is 4.42. The molecule has 0 spiro atoms. The van der Waals surface area contributed by atoms with Gasteiger partial charge in [-0.25, -0.2) is 9.97 Å². The van der Waals surface area contributed by atoms with E-state index in [9.17, 15) is 4.79 Å². The van der Waals surface area contributed by atoms with Crippen LogP contribution < -0.4 is 9.64 Å². The molecule has 0 bridgehead atoms. The Labute approximate surface area is 150 Å². The molecule has 4 rings (SSSR count). The van der Waals surface area contributed by atoms with E-state index >= 15 is 0 Å². The molecule has 1 aliphatic heterocycles. The van der Waals surface area contributed by atoms with Gasteiger partial charge in [-0.05, 0) is 25.3 Å². The van der Waals surface area contributed by atoms with Crippen molar-refractivity contribution < 1.29 is 19.4 Å². The Morgan fingerprint density at radius 2 is 2.23 bits per heavy atom. The number of ether oxygens (including phenoxy) is 2. The molecule has 0 radical (unpaired) electrons.